The molecule has 0 spiro atoms. The van der Waals surface area contributed by atoms with Crippen molar-refractivity contribution in [3.8, 4) is 0 Å². The zero-order valence-corrected chi connectivity index (χ0v) is 10.6. The molecule has 2 rings (SSSR count). The number of rotatable bonds is 1. The van der Waals surface area contributed by atoms with Crippen LogP contribution in [0.5, 0.6) is 0 Å². The van der Waals surface area contributed by atoms with Gasteiger partial charge in [-0.25, -0.2) is 0 Å². The summed E-state index contributed by atoms with van der Waals surface area (Å²) in [4.78, 5) is 0. The van der Waals surface area contributed by atoms with E-state index >= 15 is 0 Å². The molecule has 2 unspecified atom stereocenters. The van der Waals surface area contributed by atoms with E-state index in [1.165, 1.54) is 0 Å². The Morgan fingerprint density at radius 1 is 0.950 bits per heavy atom. The monoisotopic (exact) mass is 297 g/mol. The summed E-state index contributed by atoms with van der Waals surface area (Å²) in [6, 6.07) is 1.28. The van der Waals surface area contributed by atoms with Crippen LogP contribution in [0.2, 0.25) is 0 Å². The van der Waals surface area contributed by atoms with Crippen molar-refractivity contribution in [2.45, 2.75) is 31.7 Å². The van der Waals surface area contributed by atoms with Crippen LogP contribution < -0.4 is 5.32 Å². The lowest BCUT2D eigenvalue weighted by molar-refractivity contribution is -0.143. The number of hydrogen-bond donors (Lipinski definition) is 1. The Bertz CT molecular complexity index is 458. The van der Waals surface area contributed by atoms with Gasteiger partial charge in [0.15, 0.2) is 0 Å². The van der Waals surface area contributed by atoms with Crippen LogP contribution in [0.3, 0.4) is 0 Å². The summed E-state index contributed by atoms with van der Waals surface area (Å²) in [5, 5.41) is 2.95. The number of halogens is 6. The lowest BCUT2D eigenvalue weighted by Gasteiger charge is -2.20. The maximum atomic E-state index is 12.7. The zero-order valence-electron chi connectivity index (χ0n) is 10.6. The smallest absolute Gasteiger partial charge is 0.310 e. The van der Waals surface area contributed by atoms with Crippen molar-refractivity contribution >= 4 is 0 Å². The predicted octanol–water partition coefficient (Wildman–Crippen LogP) is 4.39. The van der Waals surface area contributed by atoms with E-state index in [0.717, 1.165) is 18.6 Å². The largest absolute Gasteiger partial charge is 0.416 e. The lowest BCUT2D eigenvalue weighted by Crippen LogP contribution is -2.19. The molecule has 0 radical (unpaired) electrons. The van der Waals surface area contributed by atoms with E-state index in [1.54, 1.807) is 6.92 Å². The second kappa shape index (κ2) is 4.95. The van der Waals surface area contributed by atoms with Gasteiger partial charge in [0, 0.05) is 6.04 Å². The van der Waals surface area contributed by atoms with Crippen LogP contribution in [0.4, 0.5) is 26.3 Å². The van der Waals surface area contributed by atoms with Gasteiger partial charge in [-0.15, -0.1) is 0 Å². The fraction of sp³-hybridized carbons (Fsp3) is 0.538. The van der Waals surface area contributed by atoms with Gasteiger partial charge in [-0.2, -0.15) is 26.3 Å². The van der Waals surface area contributed by atoms with Crippen molar-refractivity contribution in [3.05, 3.63) is 34.9 Å². The highest BCUT2D eigenvalue weighted by Gasteiger charge is 2.38. The Kier molecular flexibility index (Phi) is 3.75. The number of alkyl halides is 6. The normalized spacial score (nSPS) is 24.1. The van der Waals surface area contributed by atoms with Crippen molar-refractivity contribution in [2.24, 2.45) is 5.92 Å². The van der Waals surface area contributed by atoms with Crippen molar-refractivity contribution in [3.63, 3.8) is 0 Å². The minimum atomic E-state index is -4.79. The summed E-state index contributed by atoms with van der Waals surface area (Å²) < 4.78 is 76.4. The maximum absolute atomic E-state index is 12.7. The van der Waals surface area contributed by atoms with Gasteiger partial charge in [-0.3, -0.25) is 0 Å². The molecule has 0 aromatic heterocycles. The molecule has 0 bridgehead atoms. The molecule has 1 heterocycles. The minimum absolute atomic E-state index is 0.000401. The van der Waals surface area contributed by atoms with E-state index in [0.29, 0.717) is 6.54 Å². The summed E-state index contributed by atoms with van der Waals surface area (Å²) in [6.45, 7) is 2.39. The zero-order chi connectivity index (χ0) is 15.1. The highest BCUT2D eigenvalue weighted by molar-refractivity contribution is 5.35. The van der Waals surface area contributed by atoms with Crippen LogP contribution in [0.1, 0.15) is 36.1 Å². The molecule has 1 aliphatic rings. The minimum Gasteiger partial charge on any atom is -0.310 e. The molecule has 1 N–H and O–H groups in total. The molecule has 20 heavy (non-hydrogen) atoms. The van der Waals surface area contributed by atoms with E-state index in [4.69, 9.17) is 0 Å². The summed E-state index contributed by atoms with van der Waals surface area (Å²) in [6.07, 6.45) is -8.86. The first-order chi connectivity index (χ1) is 9.09. The molecule has 112 valence electrons. The van der Waals surface area contributed by atoms with Gasteiger partial charge in [0.1, 0.15) is 0 Å². The Morgan fingerprint density at radius 2 is 1.45 bits per heavy atom. The number of benzene rings is 1. The van der Waals surface area contributed by atoms with Crippen molar-refractivity contribution in [1.82, 2.24) is 5.32 Å². The van der Waals surface area contributed by atoms with Gasteiger partial charge < -0.3 is 5.32 Å². The molecule has 1 fully saturated rings. The van der Waals surface area contributed by atoms with Gasteiger partial charge >= 0.3 is 12.4 Å². The summed E-state index contributed by atoms with van der Waals surface area (Å²) in [5.41, 5.74) is -2.48. The van der Waals surface area contributed by atoms with Crippen LogP contribution in [-0.4, -0.2) is 6.54 Å². The first-order valence-corrected chi connectivity index (χ1v) is 6.12. The molecule has 1 aromatic rings. The molecule has 0 aliphatic carbocycles. The third kappa shape index (κ3) is 3.08. The van der Waals surface area contributed by atoms with E-state index in [1.807, 2.05) is 0 Å². The molecule has 1 aliphatic heterocycles. The topological polar surface area (TPSA) is 12.0 Å². The second-order valence-electron chi connectivity index (χ2n) is 5.04. The SMILES string of the molecule is CC1CCNC1c1cc(C(F)(F)F)cc(C(F)(F)F)c1. The third-order valence-electron chi connectivity index (χ3n) is 3.50. The van der Waals surface area contributed by atoms with E-state index in [-0.39, 0.29) is 17.5 Å². The Balaban J connectivity index is 2.51. The lowest BCUT2D eigenvalue weighted by atomic mass is 9.93. The summed E-state index contributed by atoms with van der Waals surface area (Å²) >= 11 is 0. The van der Waals surface area contributed by atoms with Crippen molar-refractivity contribution in [1.29, 1.82) is 0 Å². The first-order valence-electron chi connectivity index (χ1n) is 6.12. The quantitative estimate of drug-likeness (QED) is 0.758. The molecular formula is C13H13F6N. The second-order valence-corrected chi connectivity index (χ2v) is 5.04. The Labute approximate surface area is 112 Å². The fourth-order valence-corrected chi connectivity index (χ4v) is 2.44. The van der Waals surface area contributed by atoms with E-state index in [2.05, 4.69) is 5.32 Å². The highest BCUT2D eigenvalue weighted by Crippen LogP contribution is 2.39. The van der Waals surface area contributed by atoms with Gasteiger partial charge in [-0.05, 0) is 42.6 Å². The molecule has 0 saturated carbocycles. The molecule has 0 amide bonds. The average Bonchev–Trinajstić information content (AvgIpc) is 2.72. The molecular weight excluding hydrogens is 284 g/mol. The Morgan fingerprint density at radius 3 is 1.80 bits per heavy atom. The molecule has 2 atom stereocenters. The first kappa shape index (κ1) is 15.2. The maximum Gasteiger partial charge on any atom is 0.416 e. The van der Waals surface area contributed by atoms with Crippen LogP contribution in [0.15, 0.2) is 18.2 Å². The Hall–Kier alpha value is -1.24. The van der Waals surface area contributed by atoms with Gasteiger partial charge in [0.25, 0.3) is 0 Å². The summed E-state index contributed by atoms with van der Waals surface area (Å²) in [7, 11) is 0. The van der Waals surface area contributed by atoms with E-state index < -0.39 is 29.5 Å². The van der Waals surface area contributed by atoms with Crippen LogP contribution in [0.25, 0.3) is 0 Å². The highest BCUT2D eigenvalue weighted by atomic mass is 19.4. The third-order valence-corrected chi connectivity index (χ3v) is 3.50. The van der Waals surface area contributed by atoms with Crippen molar-refractivity contribution in [2.75, 3.05) is 6.54 Å². The molecule has 1 nitrogen and oxygen atoms in total. The van der Waals surface area contributed by atoms with Gasteiger partial charge in [-0.1, -0.05) is 6.92 Å². The fourth-order valence-electron chi connectivity index (χ4n) is 2.44. The molecule has 1 saturated heterocycles. The van der Waals surface area contributed by atoms with Gasteiger partial charge in [0.2, 0.25) is 0 Å². The average molecular weight is 297 g/mol. The van der Waals surface area contributed by atoms with Crippen LogP contribution in [-0.2, 0) is 12.4 Å². The summed E-state index contributed by atoms with van der Waals surface area (Å²) in [5.74, 6) is -0.000401. The van der Waals surface area contributed by atoms with Crippen LogP contribution in [0, 0.1) is 5.92 Å². The van der Waals surface area contributed by atoms with Crippen LogP contribution >= 0.6 is 0 Å². The number of nitrogens with one attached hydrogen (secondary N) is 1. The predicted molar refractivity (Wildman–Crippen MR) is 61.0 cm³/mol. The molecule has 1 aromatic carbocycles. The molecule has 7 heteroatoms. The van der Waals surface area contributed by atoms with Gasteiger partial charge in [0.05, 0.1) is 11.1 Å². The number of hydrogen-bond acceptors (Lipinski definition) is 1. The van der Waals surface area contributed by atoms with E-state index in [9.17, 15) is 26.3 Å². The van der Waals surface area contributed by atoms with Crippen molar-refractivity contribution < 1.29 is 26.3 Å². The standard InChI is InChI=1S/C13H13F6N/c1-7-2-3-20-11(7)8-4-9(12(14,15)16)6-10(5-8)13(17,18)19/h4-7,11,20H,2-3H2,1H3.